The van der Waals surface area contributed by atoms with Gasteiger partial charge in [-0.05, 0) is 33.6 Å². The van der Waals surface area contributed by atoms with Crippen LogP contribution in [0, 0.1) is 0 Å². The summed E-state index contributed by atoms with van der Waals surface area (Å²) in [5, 5.41) is 12.8. The van der Waals surface area contributed by atoms with Gasteiger partial charge in [0.1, 0.15) is 4.90 Å². The van der Waals surface area contributed by atoms with Gasteiger partial charge in [0.15, 0.2) is 0 Å². The summed E-state index contributed by atoms with van der Waals surface area (Å²) in [4.78, 5) is 13.6. The van der Waals surface area contributed by atoms with E-state index in [0.717, 1.165) is 14.9 Å². The summed E-state index contributed by atoms with van der Waals surface area (Å²) in [6, 6.07) is 17.2. The third-order valence-corrected chi connectivity index (χ3v) is 5.23. The fourth-order valence-electron chi connectivity index (χ4n) is 2.06. The quantitative estimate of drug-likeness (QED) is 0.726. The van der Waals surface area contributed by atoms with Crippen molar-refractivity contribution in [1.82, 2.24) is 9.78 Å². The largest absolute Gasteiger partial charge is 0.493 e. The van der Waals surface area contributed by atoms with Crippen LogP contribution in [0.4, 0.5) is 0 Å². The Hall–Kier alpha value is -1.92. The van der Waals surface area contributed by atoms with E-state index in [9.17, 15) is 9.90 Å². The first-order chi connectivity index (χ1) is 10.6. The second-order valence-electron chi connectivity index (χ2n) is 4.70. The lowest BCUT2D eigenvalue weighted by Gasteiger charge is -2.01. The SMILES string of the molecule is O=c1c(Sc2ccccc2Br)c(O)[nH]n1Cc1ccccc1. The number of aromatic nitrogens is 2. The Morgan fingerprint density at radius 2 is 1.77 bits per heavy atom. The van der Waals surface area contributed by atoms with E-state index >= 15 is 0 Å². The molecule has 112 valence electrons. The Morgan fingerprint density at radius 1 is 1.09 bits per heavy atom. The van der Waals surface area contributed by atoms with Crippen molar-refractivity contribution < 1.29 is 5.11 Å². The van der Waals surface area contributed by atoms with Crippen LogP contribution in [0.1, 0.15) is 5.56 Å². The van der Waals surface area contributed by atoms with Gasteiger partial charge in [-0.1, -0.05) is 54.2 Å². The summed E-state index contributed by atoms with van der Waals surface area (Å²) < 4.78 is 2.29. The van der Waals surface area contributed by atoms with E-state index in [2.05, 4.69) is 21.0 Å². The van der Waals surface area contributed by atoms with Gasteiger partial charge >= 0.3 is 0 Å². The van der Waals surface area contributed by atoms with Crippen molar-refractivity contribution in [2.24, 2.45) is 0 Å². The van der Waals surface area contributed by atoms with Crippen LogP contribution in [0.3, 0.4) is 0 Å². The number of halogens is 1. The molecular formula is C16H13BrN2O2S. The summed E-state index contributed by atoms with van der Waals surface area (Å²) in [6.07, 6.45) is 0. The molecule has 0 saturated heterocycles. The molecule has 0 aliphatic heterocycles. The molecule has 0 radical (unpaired) electrons. The smallest absolute Gasteiger partial charge is 0.284 e. The molecule has 0 aliphatic rings. The van der Waals surface area contributed by atoms with Gasteiger partial charge in [0.2, 0.25) is 5.88 Å². The zero-order valence-electron chi connectivity index (χ0n) is 11.5. The first-order valence-corrected chi connectivity index (χ1v) is 8.24. The highest BCUT2D eigenvalue weighted by molar-refractivity contribution is 9.10. The molecule has 3 aromatic rings. The third kappa shape index (κ3) is 3.13. The van der Waals surface area contributed by atoms with Gasteiger partial charge in [-0.2, -0.15) is 0 Å². The molecule has 0 amide bonds. The second kappa shape index (κ2) is 6.46. The van der Waals surface area contributed by atoms with E-state index in [1.807, 2.05) is 54.6 Å². The minimum absolute atomic E-state index is 0.110. The molecule has 0 spiro atoms. The van der Waals surface area contributed by atoms with Crippen LogP contribution in [0.2, 0.25) is 0 Å². The summed E-state index contributed by atoms with van der Waals surface area (Å²) in [6.45, 7) is 0.393. The highest BCUT2D eigenvalue weighted by atomic mass is 79.9. The molecule has 4 nitrogen and oxygen atoms in total. The maximum absolute atomic E-state index is 12.4. The number of nitrogens with one attached hydrogen (secondary N) is 1. The Kier molecular flexibility index (Phi) is 4.40. The minimum Gasteiger partial charge on any atom is -0.493 e. The van der Waals surface area contributed by atoms with Gasteiger partial charge in [0, 0.05) is 9.37 Å². The number of nitrogens with zero attached hydrogens (tertiary/aromatic N) is 1. The molecular weight excluding hydrogens is 364 g/mol. The first kappa shape index (κ1) is 15.0. The van der Waals surface area contributed by atoms with Crippen molar-refractivity contribution in [3.63, 3.8) is 0 Å². The predicted molar refractivity (Wildman–Crippen MR) is 90.5 cm³/mol. The summed E-state index contributed by atoms with van der Waals surface area (Å²) >= 11 is 4.68. The fraction of sp³-hybridized carbons (Fsp3) is 0.0625. The van der Waals surface area contributed by atoms with Crippen LogP contribution < -0.4 is 5.56 Å². The van der Waals surface area contributed by atoms with Gasteiger partial charge in [-0.3, -0.25) is 9.89 Å². The van der Waals surface area contributed by atoms with E-state index < -0.39 is 0 Å². The average Bonchev–Trinajstić information content (AvgIpc) is 2.78. The van der Waals surface area contributed by atoms with E-state index in [4.69, 9.17) is 0 Å². The molecule has 0 aliphatic carbocycles. The van der Waals surface area contributed by atoms with Crippen molar-refractivity contribution in [1.29, 1.82) is 0 Å². The Bertz CT molecular complexity index is 843. The van der Waals surface area contributed by atoms with Gasteiger partial charge < -0.3 is 5.11 Å². The first-order valence-electron chi connectivity index (χ1n) is 6.63. The highest BCUT2D eigenvalue weighted by Crippen LogP contribution is 2.35. The van der Waals surface area contributed by atoms with E-state index in [0.29, 0.717) is 11.4 Å². The van der Waals surface area contributed by atoms with Crippen molar-refractivity contribution in [3.8, 4) is 5.88 Å². The van der Waals surface area contributed by atoms with E-state index in [1.165, 1.54) is 16.4 Å². The molecule has 1 aromatic heterocycles. The molecule has 3 rings (SSSR count). The lowest BCUT2D eigenvalue weighted by Crippen LogP contribution is -2.18. The Morgan fingerprint density at radius 3 is 2.50 bits per heavy atom. The standard InChI is InChI=1S/C16H13BrN2O2S/c17-12-8-4-5-9-13(12)22-14-15(20)18-19(16(14)21)10-11-6-2-1-3-7-11/h1-9,18,20H,10H2. The number of hydrogen-bond donors (Lipinski definition) is 2. The molecule has 1 heterocycles. The van der Waals surface area contributed by atoms with Crippen LogP contribution in [-0.2, 0) is 6.54 Å². The predicted octanol–water partition coefficient (Wildman–Crippen LogP) is 3.84. The molecule has 0 saturated carbocycles. The minimum atomic E-state index is -0.234. The maximum atomic E-state index is 12.4. The number of hydrogen-bond acceptors (Lipinski definition) is 3. The average molecular weight is 377 g/mol. The fourth-order valence-corrected chi connectivity index (χ4v) is 3.46. The van der Waals surface area contributed by atoms with Gasteiger partial charge in [-0.15, -0.1) is 0 Å². The summed E-state index contributed by atoms with van der Waals surface area (Å²) in [7, 11) is 0. The molecule has 0 fully saturated rings. The number of rotatable bonds is 4. The lowest BCUT2D eigenvalue weighted by atomic mass is 10.2. The van der Waals surface area contributed by atoms with E-state index in [-0.39, 0.29) is 11.4 Å². The van der Waals surface area contributed by atoms with Gasteiger partial charge in [0.25, 0.3) is 5.56 Å². The zero-order valence-corrected chi connectivity index (χ0v) is 13.9. The van der Waals surface area contributed by atoms with Crippen molar-refractivity contribution >= 4 is 27.7 Å². The molecule has 0 atom stereocenters. The number of H-pyrrole nitrogens is 1. The number of aromatic hydroxyl groups is 1. The molecule has 0 unspecified atom stereocenters. The number of benzene rings is 2. The van der Waals surface area contributed by atoms with E-state index in [1.54, 1.807) is 0 Å². The number of aromatic amines is 1. The highest BCUT2D eigenvalue weighted by Gasteiger charge is 2.16. The van der Waals surface area contributed by atoms with Crippen molar-refractivity contribution in [3.05, 3.63) is 75.0 Å². The van der Waals surface area contributed by atoms with Gasteiger partial charge in [0.05, 0.1) is 6.54 Å². The van der Waals surface area contributed by atoms with Crippen LogP contribution >= 0.6 is 27.7 Å². The Balaban J connectivity index is 1.91. The van der Waals surface area contributed by atoms with Crippen LogP contribution in [0.15, 0.2) is 73.7 Å². The van der Waals surface area contributed by atoms with Crippen molar-refractivity contribution in [2.75, 3.05) is 0 Å². The molecule has 2 aromatic carbocycles. The third-order valence-electron chi connectivity index (χ3n) is 3.13. The van der Waals surface area contributed by atoms with Crippen LogP contribution in [-0.4, -0.2) is 14.9 Å². The topological polar surface area (TPSA) is 58.0 Å². The van der Waals surface area contributed by atoms with Crippen LogP contribution in [0.5, 0.6) is 5.88 Å². The second-order valence-corrected chi connectivity index (χ2v) is 6.61. The molecule has 2 N–H and O–H groups in total. The lowest BCUT2D eigenvalue weighted by molar-refractivity contribution is 0.432. The molecule has 6 heteroatoms. The van der Waals surface area contributed by atoms with Gasteiger partial charge in [-0.25, -0.2) is 4.68 Å². The maximum Gasteiger partial charge on any atom is 0.284 e. The van der Waals surface area contributed by atoms with Crippen LogP contribution in [0.25, 0.3) is 0 Å². The molecule has 0 bridgehead atoms. The summed E-state index contributed by atoms with van der Waals surface area (Å²) in [5.41, 5.74) is 0.755. The summed E-state index contributed by atoms with van der Waals surface area (Å²) in [5.74, 6) is -0.110. The monoisotopic (exact) mass is 376 g/mol. The molecule has 22 heavy (non-hydrogen) atoms. The Labute approximate surface area is 139 Å². The van der Waals surface area contributed by atoms with Crippen molar-refractivity contribution in [2.45, 2.75) is 16.3 Å². The normalized spacial score (nSPS) is 10.8. The zero-order chi connectivity index (χ0) is 15.5.